The first kappa shape index (κ1) is 14.0. The van der Waals surface area contributed by atoms with Crippen molar-refractivity contribution in [2.45, 2.75) is 0 Å². The fourth-order valence-electron chi connectivity index (χ4n) is 1.83. The van der Waals surface area contributed by atoms with Crippen molar-refractivity contribution in [1.29, 1.82) is 0 Å². The molecule has 2 rings (SSSR count). The van der Waals surface area contributed by atoms with Crippen molar-refractivity contribution in [1.82, 2.24) is 0 Å². The molecule has 2 aromatic rings. The minimum atomic E-state index is 0.553. The zero-order chi connectivity index (χ0) is 13.3. The van der Waals surface area contributed by atoms with Gasteiger partial charge in [0.05, 0.1) is 13.2 Å². The molecule has 2 aromatic carbocycles. The third-order valence-corrected chi connectivity index (χ3v) is 2.88. The van der Waals surface area contributed by atoms with Gasteiger partial charge < -0.3 is 9.47 Å². The van der Waals surface area contributed by atoms with Crippen molar-refractivity contribution >= 4 is 12.6 Å². The Morgan fingerprint density at radius 1 is 0.789 bits per heavy atom. The van der Waals surface area contributed by atoms with E-state index in [0.29, 0.717) is 19.8 Å². The van der Waals surface area contributed by atoms with Crippen molar-refractivity contribution in [3.63, 3.8) is 0 Å². The zero-order valence-corrected chi connectivity index (χ0v) is 11.7. The van der Waals surface area contributed by atoms with Crippen LogP contribution < -0.4 is 4.74 Å². The van der Waals surface area contributed by atoms with Crippen LogP contribution in [0.4, 0.5) is 0 Å². The van der Waals surface area contributed by atoms with Gasteiger partial charge in [-0.2, -0.15) is 12.6 Å². The largest absolute Gasteiger partial charge is 0.491 e. The van der Waals surface area contributed by atoms with Crippen molar-refractivity contribution in [3.8, 4) is 16.9 Å². The van der Waals surface area contributed by atoms with Crippen molar-refractivity contribution < 1.29 is 9.47 Å². The molecule has 0 aromatic heterocycles. The fourth-order valence-corrected chi connectivity index (χ4v) is 1.95. The SMILES string of the molecule is SCCOCCOc1ccccc1-c1ccccc1. The number of hydrogen-bond donors (Lipinski definition) is 1. The first-order valence-electron chi connectivity index (χ1n) is 6.37. The highest BCUT2D eigenvalue weighted by Gasteiger charge is 2.04. The molecular formula is C16H18O2S. The van der Waals surface area contributed by atoms with Gasteiger partial charge in [0.1, 0.15) is 12.4 Å². The van der Waals surface area contributed by atoms with Gasteiger partial charge in [-0.05, 0) is 11.6 Å². The lowest BCUT2D eigenvalue weighted by Crippen LogP contribution is -2.08. The molecule has 0 unspecified atom stereocenters. The van der Waals surface area contributed by atoms with Gasteiger partial charge in [0.15, 0.2) is 0 Å². The van der Waals surface area contributed by atoms with E-state index in [0.717, 1.165) is 22.6 Å². The van der Waals surface area contributed by atoms with E-state index >= 15 is 0 Å². The summed E-state index contributed by atoms with van der Waals surface area (Å²) in [6, 6.07) is 18.3. The van der Waals surface area contributed by atoms with Crippen LogP contribution in [0.15, 0.2) is 54.6 Å². The third-order valence-electron chi connectivity index (χ3n) is 2.69. The van der Waals surface area contributed by atoms with E-state index in [9.17, 15) is 0 Å². The second-order valence-electron chi connectivity index (χ2n) is 4.05. The number of para-hydroxylation sites is 1. The summed E-state index contributed by atoms with van der Waals surface area (Å²) in [6.45, 7) is 1.80. The van der Waals surface area contributed by atoms with Gasteiger partial charge in [0.2, 0.25) is 0 Å². The van der Waals surface area contributed by atoms with Crippen LogP contribution in [-0.4, -0.2) is 25.6 Å². The van der Waals surface area contributed by atoms with E-state index in [-0.39, 0.29) is 0 Å². The standard InChI is InChI=1S/C16H18O2S/c19-13-12-17-10-11-18-16-9-5-4-8-15(16)14-6-2-1-3-7-14/h1-9,19H,10-13H2. The maximum Gasteiger partial charge on any atom is 0.127 e. The lowest BCUT2D eigenvalue weighted by molar-refractivity contribution is 0.112. The van der Waals surface area contributed by atoms with Gasteiger partial charge in [0, 0.05) is 11.3 Å². The molecule has 0 spiro atoms. The van der Waals surface area contributed by atoms with Gasteiger partial charge in [-0.25, -0.2) is 0 Å². The van der Waals surface area contributed by atoms with Crippen LogP contribution in [0.5, 0.6) is 5.75 Å². The van der Waals surface area contributed by atoms with Crippen LogP contribution in [-0.2, 0) is 4.74 Å². The van der Waals surface area contributed by atoms with Gasteiger partial charge in [-0.1, -0.05) is 48.5 Å². The summed E-state index contributed by atoms with van der Waals surface area (Å²) in [7, 11) is 0. The molecular weight excluding hydrogens is 256 g/mol. The van der Waals surface area contributed by atoms with E-state index in [1.54, 1.807) is 0 Å². The van der Waals surface area contributed by atoms with Gasteiger partial charge in [-0.15, -0.1) is 0 Å². The summed E-state index contributed by atoms with van der Waals surface area (Å²) in [5, 5.41) is 0. The molecule has 0 amide bonds. The molecule has 0 atom stereocenters. The average molecular weight is 274 g/mol. The molecule has 19 heavy (non-hydrogen) atoms. The Morgan fingerprint density at radius 2 is 1.53 bits per heavy atom. The van der Waals surface area contributed by atoms with Crippen LogP contribution in [0.2, 0.25) is 0 Å². The molecule has 0 aliphatic heterocycles. The summed E-state index contributed by atoms with van der Waals surface area (Å²) in [4.78, 5) is 0. The summed E-state index contributed by atoms with van der Waals surface area (Å²) in [5.74, 6) is 1.63. The highest BCUT2D eigenvalue weighted by Crippen LogP contribution is 2.29. The third kappa shape index (κ3) is 4.30. The number of benzene rings is 2. The van der Waals surface area contributed by atoms with E-state index < -0.39 is 0 Å². The average Bonchev–Trinajstić information content (AvgIpc) is 2.48. The van der Waals surface area contributed by atoms with Crippen LogP contribution in [0, 0.1) is 0 Å². The predicted molar refractivity (Wildman–Crippen MR) is 82.0 cm³/mol. The Hall–Kier alpha value is -1.45. The number of ether oxygens (including phenoxy) is 2. The highest BCUT2D eigenvalue weighted by atomic mass is 32.1. The molecule has 100 valence electrons. The molecule has 2 nitrogen and oxygen atoms in total. The number of rotatable bonds is 7. The minimum absolute atomic E-state index is 0.553. The topological polar surface area (TPSA) is 18.5 Å². The number of hydrogen-bond acceptors (Lipinski definition) is 3. The van der Waals surface area contributed by atoms with Crippen molar-refractivity contribution in [2.24, 2.45) is 0 Å². The zero-order valence-electron chi connectivity index (χ0n) is 10.8. The molecule has 0 radical (unpaired) electrons. The van der Waals surface area contributed by atoms with Crippen molar-refractivity contribution in [2.75, 3.05) is 25.6 Å². The summed E-state index contributed by atoms with van der Waals surface area (Å²) < 4.78 is 11.1. The number of thiol groups is 1. The Bertz CT molecular complexity index is 485. The van der Waals surface area contributed by atoms with Gasteiger partial charge in [-0.3, -0.25) is 0 Å². The predicted octanol–water partition coefficient (Wildman–Crippen LogP) is 3.68. The van der Waals surface area contributed by atoms with E-state index in [4.69, 9.17) is 9.47 Å². The maximum absolute atomic E-state index is 5.79. The highest BCUT2D eigenvalue weighted by molar-refractivity contribution is 7.80. The summed E-state index contributed by atoms with van der Waals surface area (Å²) in [6.07, 6.45) is 0. The minimum Gasteiger partial charge on any atom is -0.491 e. The monoisotopic (exact) mass is 274 g/mol. The van der Waals surface area contributed by atoms with E-state index in [1.807, 2.05) is 36.4 Å². The molecule has 0 aliphatic carbocycles. The van der Waals surface area contributed by atoms with Crippen LogP contribution in [0.1, 0.15) is 0 Å². The fraction of sp³-hybridized carbons (Fsp3) is 0.250. The quantitative estimate of drug-likeness (QED) is 0.613. The van der Waals surface area contributed by atoms with Crippen LogP contribution in [0.25, 0.3) is 11.1 Å². The molecule has 0 heterocycles. The maximum atomic E-state index is 5.79. The first-order chi connectivity index (χ1) is 9.42. The van der Waals surface area contributed by atoms with Gasteiger partial charge in [0.25, 0.3) is 0 Å². The van der Waals surface area contributed by atoms with Crippen molar-refractivity contribution in [3.05, 3.63) is 54.6 Å². The lowest BCUT2D eigenvalue weighted by atomic mass is 10.1. The first-order valence-corrected chi connectivity index (χ1v) is 7.01. The van der Waals surface area contributed by atoms with E-state index in [2.05, 4.69) is 30.8 Å². The normalized spacial score (nSPS) is 10.4. The van der Waals surface area contributed by atoms with Crippen LogP contribution >= 0.6 is 12.6 Å². The molecule has 0 aliphatic rings. The summed E-state index contributed by atoms with van der Waals surface area (Å²) >= 11 is 4.09. The van der Waals surface area contributed by atoms with Gasteiger partial charge >= 0.3 is 0 Å². The second-order valence-corrected chi connectivity index (χ2v) is 4.49. The Labute approximate surface area is 119 Å². The summed E-state index contributed by atoms with van der Waals surface area (Å²) in [5.41, 5.74) is 2.27. The lowest BCUT2D eigenvalue weighted by Gasteiger charge is -2.11. The molecule has 0 saturated heterocycles. The molecule has 0 saturated carbocycles. The van der Waals surface area contributed by atoms with E-state index in [1.165, 1.54) is 0 Å². The Kier molecular flexibility index (Phi) is 5.79. The Balaban J connectivity index is 2.01. The molecule has 0 N–H and O–H groups in total. The van der Waals surface area contributed by atoms with Crippen LogP contribution in [0.3, 0.4) is 0 Å². The molecule has 0 bridgehead atoms. The molecule has 0 fully saturated rings. The molecule has 3 heteroatoms. The Morgan fingerprint density at radius 3 is 2.32 bits per heavy atom. The smallest absolute Gasteiger partial charge is 0.127 e. The second kappa shape index (κ2) is 7.87.